The van der Waals surface area contributed by atoms with E-state index >= 15 is 0 Å². The monoisotopic (exact) mass is 288 g/mol. The number of halogens is 1. The summed E-state index contributed by atoms with van der Waals surface area (Å²) in [5.74, 6) is -0.584. The van der Waals surface area contributed by atoms with Crippen molar-refractivity contribution in [3.8, 4) is 0 Å². The molecule has 1 aromatic carbocycles. The number of hydrogen-bond acceptors (Lipinski definition) is 3. The molecule has 0 saturated heterocycles. The third-order valence-electron chi connectivity index (χ3n) is 3.46. The third-order valence-corrected chi connectivity index (χ3v) is 3.76. The van der Waals surface area contributed by atoms with Gasteiger partial charge in [0.2, 0.25) is 0 Å². The number of nitrogens with zero attached hydrogens (tertiary/aromatic N) is 1. The van der Waals surface area contributed by atoms with E-state index < -0.39 is 5.97 Å². The number of rotatable bonds is 3. The number of nitrogens with one attached hydrogen (secondary N) is 1. The number of hydrogen-bond donors (Lipinski definition) is 2. The van der Waals surface area contributed by atoms with E-state index in [0.29, 0.717) is 5.82 Å². The van der Waals surface area contributed by atoms with Crippen molar-refractivity contribution in [3.05, 3.63) is 52.2 Å². The first-order chi connectivity index (χ1) is 9.63. The molecular weight excluding hydrogens is 276 g/mol. The van der Waals surface area contributed by atoms with E-state index in [1.54, 1.807) is 0 Å². The molecule has 1 aromatic heterocycles. The second-order valence-corrected chi connectivity index (χ2v) is 5.22. The average molecular weight is 289 g/mol. The molecule has 0 atom stereocenters. The molecule has 2 N–H and O–H groups in total. The Balaban J connectivity index is 1.88. The molecular formula is C15H13ClN2O2. The van der Waals surface area contributed by atoms with E-state index in [4.69, 9.17) is 16.7 Å². The Kier molecular flexibility index (Phi) is 3.32. The Morgan fingerprint density at radius 3 is 2.85 bits per heavy atom. The van der Waals surface area contributed by atoms with Crippen molar-refractivity contribution in [2.24, 2.45) is 0 Å². The highest BCUT2D eigenvalue weighted by molar-refractivity contribution is 6.33. The van der Waals surface area contributed by atoms with E-state index in [9.17, 15) is 4.79 Å². The maximum atomic E-state index is 11.0. The van der Waals surface area contributed by atoms with Gasteiger partial charge in [0.05, 0.1) is 10.6 Å². The summed E-state index contributed by atoms with van der Waals surface area (Å²) in [5.41, 5.74) is 3.70. The summed E-state index contributed by atoms with van der Waals surface area (Å²) in [7, 11) is 0. The first kappa shape index (κ1) is 12.9. The lowest BCUT2D eigenvalue weighted by atomic mass is 10.1. The minimum absolute atomic E-state index is 0.0466. The second kappa shape index (κ2) is 5.13. The number of benzene rings is 1. The molecule has 0 bridgehead atoms. The van der Waals surface area contributed by atoms with Crippen LogP contribution in [0.1, 0.15) is 27.9 Å². The zero-order valence-corrected chi connectivity index (χ0v) is 11.4. The summed E-state index contributed by atoms with van der Waals surface area (Å²) in [5, 5.41) is 12.3. The van der Waals surface area contributed by atoms with Crippen LogP contribution >= 0.6 is 11.6 Å². The Bertz CT molecular complexity index is 686. The number of pyridine rings is 1. The van der Waals surface area contributed by atoms with Gasteiger partial charge in [-0.1, -0.05) is 17.7 Å². The number of anilines is 2. The van der Waals surface area contributed by atoms with Crippen LogP contribution in [-0.2, 0) is 12.8 Å². The second-order valence-electron chi connectivity index (χ2n) is 4.82. The molecule has 1 aliphatic carbocycles. The first-order valence-electron chi connectivity index (χ1n) is 6.41. The lowest BCUT2D eigenvalue weighted by Gasteiger charge is -2.09. The van der Waals surface area contributed by atoms with Crippen molar-refractivity contribution in [2.45, 2.75) is 19.3 Å². The number of aromatic carboxylic acids is 1. The van der Waals surface area contributed by atoms with Crippen LogP contribution in [0.25, 0.3) is 0 Å². The number of carbonyl (C=O) groups is 1. The normalized spacial score (nSPS) is 13.1. The van der Waals surface area contributed by atoms with Gasteiger partial charge in [0.25, 0.3) is 0 Å². The molecule has 0 saturated carbocycles. The largest absolute Gasteiger partial charge is 0.478 e. The van der Waals surface area contributed by atoms with Crippen molar-refractivity contribution in [2.75, 3.05) is 5.32 Å². The van der Waals surface area contributed by atoms with Crippen molar-refractivity contribution in [3.63, 3.8) is 0 Å². The number of aromatic nitrogens is 1. The molecule has 3 rings (SSSR count). The van der Waals surface area contributed by atoms with Gasteiger partial charge in [0.15, 0.2) is 0 Å². The Morgan fingerprint density at radius 1 is 1.25 bits per heavy atom. The molecule has 0 unspecified atom stereocenters. The third kappa shape index (κ3) is 2.47. The van der Waals surface area contributed by atoms with Crippen LogP contribution < -0.4 is 5.32 Å². The minimum atomic E-state index is -1.06. The lowest BCUT2D eigenvalue weighted by molar-refractivity contribution is 0.0697. The maximum Gasteiger partial charge on any atom is 0.337 e. The smallest absolute Gasteiger partial charge is 0.337 e. The number of aryl methyl sites for hydroxylation is 2. The van der Waals surface area contributed by atoms with Crippen molar-refractivity contribution < 1.29 is 9.90 Å². The fraction of sp³-hybridized carbons (Fsp3) is 0.200. The Hall–Kier alpha value is -2.07. The summed E-state index contributed by atoms with van der Waals surface area (Å²) in [6, 6.07) is 7.64. The van der Waals surface area contributed by atoms with Crippen LogP contribution in [0, 0.1) is 0 Å². The van der Waals surface area contributed by atoms with E-state index in [0.717, 1.165) is 18.5 Å². The minimum Gasteiger partial charge on any atom is -0.478 e. The molecule has 0 amide bonds. The zero-order valence-electron chi connectivity index (χ0n) is 10.7. The molecule has 1 aliphatic rings. The van der Waals surface area contributed by atoms with Gasteiger partial charge in [-0.3, -0.25) is 0 Å². The Morgan fingerprint density at radius 2 is 2.05 bits per heavy atom. The zero-order chi connectivity index (χ0) is 14.1. The number of fused-ring (bicyclic) bond motifs is 1. The van der Waals surface area contributed by atoms with E-state index in [1.165, 1.54) is 29.8 Å². The average Bonchev–Trinajstić information content (AvgIpc) is 2.88. The molecule has 0 fully saturated rings. The molecule has 0 aliphatic heterocycles. The number of carboxylic acids is 1. The topological polar surface area (TPSA) is 62.2 Å². The maximum absolute atomic E-state index is 11.0. The van der Waals surface area contributed by atoms with Crippen LogP contribution in [0.2, 0.25) is 5.02 Å². The number of carboxylic acid groups (broad SMARTS) is 1. The summed E-state index contributed by atoms with van der Waals surface area (Å²) < 4.78 is 0. The van der Waals surface area contributed by atoms with Gasteiger partial charge in [-0.05, 0) is 48.6 Å². The molecule has 5 heteroatoms. The van der Waals surface area contributed by atoms with Gasteiger partial charge < -0.3 is 10.4 Å². The van der Waals surface area contributed by atoms with Gasteiger partial charge in [-0.25, -0.2) is 9.78 Å². The van der Waals surface area contributed by atoms with Gasteiger partial charge in [-0.15, -0.1) is 0 Å². The van der Waals surface area contributed by atoms with Gasteiger partial charge >= 0.3 is 5.97 Å². The Labute approximate surface area is 121 Å². The highest BCUT2D eigenvalue weighted by Gasteiger charge is 2.13. The van der Waals surface area contributed by atoms with Crippen LogP contribution in [0.15, 0.2) is 30.5 Å². The predicted octanol–water partition coefficient (Wildman–Crippen LogP) is 3.67. The molecule has 2 aromatic rings. The molecule has 0 spiro atoms. The van der Waals surface area contributed by atoms with Crippen LogP contribution in [-0.4, -0.2) is 16.1 Å². The molecule has 0 radical (unpaired) electrons. The molecule has 4 nitrogen and oxygen atoms in total. The summed E-state index contributed by atoms with van der Waals surface area (Å²) in [6.07, 6.45) is 4.78. The summed E-state index contributed by atoms with van der Waals surface area (Å²) >= 11 is 5.80. The van der Waals surface area contributed by atoms with Gasteiger partial charge in [0.1, 0.15) is 5.82 Å². The van der Waals surface area contributed by atoms with E-state index in [2.05, 4.69) is 22.4 Å². The van der Waals surface area contributed by atoms with Crippen molar-refractivity contribution in [1.82, 2.24) is 4.98 Å². The predicted molar refractivity (Wildman–Crippen MR) is 78.0 cm³/mol. The molecule has 20 heavy (non-hydrogen) atoms. The summed E-state index contributed by atoms with van der Waals surface area (Å²) in [4.78, 5) is 15.1. The lowest BCUT2D eigenvalue weighted by Crippen LogP contribution is -2.01. The van der Waals surface area contributed by atoms with Gasteiger partial charge in [-0.2, -0.15) is 0 Å². The highest BCUT2D eigenvalue weighted by atomic mass is 35.5. The van der Waals surface area contributed by atoms with Gasteiger partial charge in [0, 0.05) is 11.9 Å². The fourth-order valence-electron chi connectivity index (χ4n) is 2.47. The molecule has 1 heterocycles. The van der Waals surface area contributed by atoms with Crippen LogP contribution in [0.5, 0.6) is 0 Å². The highest BCUT2D eigenvalue weighted by Crippen LogP contribution is 2.27. The molecule has 102 valence electrons. The summed E-state index contributed by atoms with van der Waals surface area (Å²) in [6.45, 7) is 0. The standard InChI is InChI=1S/C15H13ClN2O2/c16-13-8-17-14(7-12(13)15(19)20)18-11-5-4-9-2-1-3-10(9)6-11/h4-8H,1-3H2,(H,17,18)(H,19,20). The first-order valence-corrected chi connectivity index (χ1v) is 6.79. The van der Waals surface area contributed by atoms with E-state index in [1.807, 2.05) is 6.07 Å². The quantitative estimate of drug-likeness (QED) is 0.904. The SMILES string of the molecule is O=C(O)c1cc(Nc2ccc3c(c2)CCC3)ncc1Cl. The van der Waals surface area contributed by atoms with Crippen molar-refractivity contribution in [1.29, 1.82) is 0 Å². The fourth-order valence-corrected chi connectivity index (χ4v) is 2.65. The van der Waals surface area contributed by atoms with Crippen LogP contribution in [0.4, 0.5) is 11.5 Å². The van der Waals surface area contributed by atoms with Crippen LogP contribution in [0.3, 0.4) is 0 Å². The van der Waals surface area contributed by atoms with Crippen molar-refractivity contribution >= 4 is 29.1 Å². The van der Waals surface area contributed by atoms with E-state index in [-0.39, 0.29) is 10.6 Å².